The van der Waals surface area contributed by atoms with Gasteiger partial charge in [0.1, 0.15) is 12.9 Å². The summed E-state index contributed by atoms with van der Waals surface area (Å²) in [6.07, 6.45) is 3.86. The Morgan fingerprint density at radius 1 is 1.50 bits per heavy atom. The fourth-order valence-corrected chi connectivity index (χ4v) is 1.83. The number of hydrogen-bond acceptors (Lipinski definition) is 4. The first kappa shape index (κ1) is 10.9. The van der Waals surface area contributed by atoms with Crippen LogP contribution in [0.3, 0.4) is 0 Å². The number of aromatic nitrogens is 2. The van der Waals surface area contributed by atoms with Crippen molar-refractivity contribution in [3.8, 4) is 5.88 Å². The third-order valence-corrected chi connectivity index (χ3v) is 2.73. The predicted octanol–water partition coefficient (Wildman–Crippen LogP) is 1.77. The van der Waals surface area contributed by atoms with Crippen LogP contribution in [-0.2, 0) is 0 Å². The summed E-state index contributed by atoms with van der Waals surface area (Å²) in [5, 5.41) is 0. The topological polar surface area (TPSA) is 38.2 Å². The molecule has 0 N–H and O–H groups in total. The summed E-state index contributed by atoms with van der Waals surface area (Å²) in [5.41, 5.74) is 2.15. The van der Waals surface area contributed by atoms with Gasteiger partial charge in [0, 0.05) is 24.0 Å². The summed E-state index contributed by atoms with van der Waals surface area (Å²) in [6, 6.07) is 1.85. The molecular weight excluding hydrogens is 202 g/mol. The van der Waals surface area contributed by atoms with E-state index in [9.17, 15) is 0 Å². The minimum Gasteiger partial charge on any atom is -0.476 e. The molecule has 0 saturated carbocycles. The predicted molar refractivity (Wildman–Crippen MR) is 62.2 cm³/mol. The highest BCUT2D eigenvalue weighted by molar-refractivity contribution is 5.11. The Labute approximate surface area is 96.0 Å². The van der Waals surface area contributed by atoms with E-state index in [4.69, 9.17) is 4.74 Å². The maximum atomic E-state index is 5.56. The largest absolute Gasteiger partial charge is 0.476 e. The molecule has 0 radical (unpaired) electrons. The first-order valence-corrected chi connectivity index (χ1v) is 5.60. The van der Waals surface area contributed by atoms with Crippen LogP contribution in [0.4, 0.5) is 0 Å². The van der Waals surface area contributed by atoms with Crippen molar-refractivity contribution in [1.82, 2.24) is 14.9 Å². The fourth-order valence-electron chi connectivity index (χ4n) is 1.83. The van der Waals surface area contributed by atoms with Crippen LogP contribution in [0.15, 0.2) is 24.7 Å². The number of aryl methyl sites for hydroxylation is 1. The van der Waals surface area contributed by atoms with Crippen molar-refractivity contribution < 1.29 is 4.74 Å². The molecule has 2 rings (SSSR count). The van der Waals surface area contributed by atoms with Crippen LogP contribution in [-0.4, -0.2) is 34.6 Å². The lowest BCUT2D eigenvalue weighted by atomic mass is 10.3. The maximum Gasteiger partial charge on any atom is 0.216 e. The van der Waals surface area contributed by atoms with E-state index in [2.05, 4.69) is 21.4 Å². The summed E-state index contributed by atoms with van der Waals surface area (Å²) < 4.78 is 5.56. The minimum absolute atomic E-state index is 0.648. The van der Waals surface area contributed by atoms with Gasteiger partial charge in [-0.15, -0.1) is 0 Å². The molecule has 1 aromatic rings. The first-order valence-electron chi connectivity index (χ1n) is 5.60. The molecule has 2 heterocycles. The molecule has 0 spiro atoms. The van der Waals surface area contributed by atoms with Crippen LogP contribution in [0.2, 0.25) is 0 Å². The second-order valence-corrected chi connectivity index (χ2v) is 4.00. The SMILES string of the molecule is C=C1CCCN1CCOc1cc(C)ncn1. The van der Waals surface area contributed by atoms with Crippen LogP contribution < -0.4 is 4.74 Å². The van der Waals surface area contributed by atoms with Gasteiger partial charge in [0.05, 0.1) is 6.54 Å². The van der Waals surface area contributed by atoms with Gasteiger partial charge in [0.15, 0.2) is 0 Å². The monoisotopic (exact) mass is 219 g/mol. The summed E-state index contributed by atoms with van der Waals surface area (Å²) in [7, 11) is 0. The smallest absolute Gasteiger partial charge is 0.216 e. The van der Waals surface area contributed by atoms with Crippen LogP contribution >= 0.6 is 0 Å². The Hall–Kier alpha value is -1.58. The van der Waals surface area contributed by atoms with Crippen molar-refractivity contribution in [3.63, 3.8) is 0 Å². The summed E-state index contributed by atoms with van der Waals surface area (Å²) in [4.78, 5) is 10.3. The number of allylic oxidation sites excluding steroid dienone is 1. The van der Waals surface area contributed by atoms with Crippen molar-refractivity contribution in [2.75, 3.05) is 19.7 Å². The zero-order valence-electron chi connectivity index (χ0n) is 9.65. The standard InChI is InChI=1S/C12H17N3O/c1-10-8-12(14-9-13-10)16-7-6-15-5-3-4-11(15)2/h8-9H,2-7H2,1H3. The van der Waals surface area contributed by atoms with Gasteiger partial charge in [-0.05, 0) is 19.8 Å². The lowest BCUT2D eigenvalue weighted by Crippen LogP contribution is -2.23. The van der Waals surface area contributed by atoms with Crippen LogP contribution in [0.1, 0.15) is 18.5 Å². The van der Waals surface area contributed by atoms with Gasteiger partial charge in [-0.2, -0.15) is 0 Å². The van der Waals surface area contributed by atoms with E-state index in [0.29, 0.717) is 12.5 Å². The Bertz CT molecular complexity index is 378. The molecule has 0 aliphatic carbocycles. The molecular formula is C12H17N3O. The van der Waals surface area contributed by atoms with E-state index in [1.54, 1.807) is 0 Å². The second kappa shape index (κ2) is 4.96. The first-order chi connectivity index (χ1) is 7.75. The lowest BCUT2D eigenvalue weighted by molar-refractivity contribution is 0.250. The number of hydrogen-bond donors (Lipinski definition) is 0. The molecule has 0 unspecified atom stereocenters. The van der Waals surface area contributed by atoms with Crippen LogP contribution in [0, 0.1) is 6.92 Å². The van der Waals surface area contributed by atoms with Gasteiger partial charge in [0.25, 0.3) is 0 Å². The van der Waals surface area contributed by atoms with Crippen LogP contribution in [0.25, 0.3) is 0 Å². The zero-order valence-corrected chi connectivity index (χ0v) is 9.65. The molecule has 0 aromatic carbocycles. The number of nitrogens with zero attached hydrogens (tertiary/aromatic N) is 3. The van der Waals surface area contributed by atoms with Gasteiger partial charge in [-0.1, -0.05) is 6.58 Å². The normalized spacial score (nSPS) is 15.6. The summed E-state index contributed by atoms with van der Waals surface area (Å²) in [6.45, 7) is 8.59. The molecule has 1 saturated heterocycles. The average Bonchev–Trinajstić information content (AvgIpc) is 2.65. The molecule has 0 atom stereocenters. The maximum absolute atomic E-state index is 5.56. The molecule has 16 heavy (non-hydrogen) atoms. The fraction of sp³-hybridized carbons (Fsp3) is 0.500. The number of rotatable bonds is 4. The van der Waals surface area contributed by atoms with Crippen molar-refractivity contribution in [2.24, 2.45) is 0 Å². The van der Waals surface area contributed by atoms with Gasteiger partial charge >= 0.3 is 0 Å². The highest BCUT2D eigenvalue weighted by atomic mass is 16.5. The van der Waals surface area contributed by atoms with Crippen molar-refractivity contribution in [1.29, 1.82) is 0 Å². The molecule has 0 bridgehead atoms. The Morgan fingerprint density at radius 2 is 2.38 bits per heavy atom. The Morgan fingerprint density at radius 3 is 3.06 bits per heavy atom. The molecule has 1 aliphatic rings. The van der Waals surface area contributed by atoms with E-state index in [-0.39, 0.29) is 0 Å². The summed E-state index contributed by atoms with van der Waals surface area (Å²) >= 11 is 0. The quantitative estimate of drug-likeness (QED) is 0.773. The van der Waals surface area contributed by atoms with Gasteiger partial charge < -0.3 is 9.64 Å². The molecule has 0 amide bonds. The molecule has 4 heteroatoms. The van der Waals surface area contributed by atoms with Crippen molar-refractivity contribution in [2.45, 2.75) is 19.8 Å². The number of ether oxygens (including phenoxy) is 1. The average molecular weight is 219 g/mol. The lowest BCUT2D eigenvalue weighted by Gasteiger charge is -2.18. The molecule has 4 nitrogen and oxygen atoms in total. The van der Waals surface area contributed by atoms with Crippen LogP contribution in [0.5, 0.6) is 5.88 Å². The molecule has 1 fully saturated rings. The van der Waals surface area contributed by atoms with Gasteiger partial charge in [0.2, 0.25) is 5.88 Å². The zero-order chi connectivity index (χ0) is 11.4. The van der Waals surface area contributed by atoms with E-state index in [1.807, 2.05) is 13.0 Å². The Balaban J connectivity index is 1.77. The van der Waals surface area contributed by atoms with E-state index < -0.39 is 0 Å². The second-order valence-electron chi connectivity index (χ2n) is 4.00. The van der Waals surface area contributed by atoms with Gasteiger partial charge in [-0.25, -0.2) is 9.97 Å². The van der Waals surface area contributed by atoms with Crippen molar-refractivity contribution in [3.05, 3.63) is 30.4 Å². The number of likely N-dealkylation sites (tertiary alicyclic amines) is 1. The van der Waals surface area contributed by atoms with E-state index in [1.165, 1.54) is 18.4 Å². The van der Waals surface area contributed by atoms with E-state index in [0.717, 1.165) is 25.2 Å². The molecule has 1 aliphatic heterocycles. The molecule has 1 aromatic heterocycles. The highest BCUT2D eigenvalue weighted by Gasteiger charge is 2.14. The van der Waals surface area contributed by atoms with Gasteiger partial charge in [-0.3, -0.25) is 0 Å². The summed E-state index contributed by atoms with van der Waals surface area (Å²) in [5.74, 6) is 0.650. The highest BCUT2D eigenvalue weighted by Crippen LogP contribution is 2.18. The third kappa shape index (κ3) is 2.72. The van der Waals surface area contributed by atoms with Crippen molar-refractivity contribution >= 4 is 0 Å². The minimum atomic E-state index is 0.648. The Kier molecular flexibility index (Phi) is 3.39. The third-order valence-electron chi connectivity index (χ3n) is 2.73. The molecule has 86 valence electrons. The van der Waals surface area contributed by atoms with E-state index >= 15 is 0 Å².